The van der Waals surface area contributed by atoms with Crippen LogP contribution in [-0.4, -0.2) is 12.6 Å². The van der Waals surface area contributed by atoms with Crippen molar-refractivity contribution in [3.8, 4) is 0 Å². The Kier molecular flexibility index (Phi) is 4.52. The highest BCUT2D eigenvalue weighted by Crippen LogP contribution is 2.22. The summed E-state index contributed by atoms with van der Waals surface area (Å²) in [4.78, 5) is 11.0. The minimum atomic E-state index is -0.401. The number of ether oxygens (including phenoxy) is 1. The Balaban J connectivity index is 2.73. The first-order chi connectivity index (χ1) is 7.65. The van der Waals surface area contributed by atoms with E-state index in [-0.39, 0.29) is 5.92 Å². The summed E-state index contributed by atoms with van der Waals surface area (Å²) in [5.41, 5.74) is 2.08. The number of esters is 1. The van der Waals surface area contributed by atoms with Gasteiger partial charge in [-0.15, -0.1) is 0 Å². The minimum Gasteiger partial charge on any atom is -0.462 e. The van der Waals surface area contributed by atoms with Gasteiger partial charge < -0.3 is 4.74 Å². The van der Waals surface area contributed by atoms with Gasteiger partial charge in [0.05, 0.1) is 0 Å². The molecule has 0 heterocycles. The first kappa shape index (κ1) is 12.2. The van der Waals surface area contributed by atoms with Crippen LogP contribution in [0.1, 0.15) is 18.4 Å². The maximum absolute atomic E-state index is 11.0. The molecule has 0 bridgehead atoms. The van der Waals surface area contributed by atoms with Crippen LogP contribution in [0, 0.1) is 0 Å². The van der Waals surface area contributed by atoms with E-state index in [2.05, 4.69) is 13.2 Å². The summed E-state index contributed by atoms with van der Waals surface area (Å²) in [6, 6.07) is 9.87. The van der Waals surface area contributed by atoms with Crippen LogP contribution in [0.15, 0.2) is 55.1 Å². The summed E-state index contributed by atoms with van der Waals surface area (Å²) < 4.78 is 5.05. The number of hydrogen-bond donors (Lipinski definition) is 0. The van der Waals surface area contributed by atoms with E-state index in [0.29, 0.717) is 6.61 Å². The molecule has 1 atom stereocenters. The summed E-state index contributed by atoms with van der Waals surface area (Å²) in [5.74, 6) is -0.354. The number of carbonyl (C=O) groups excluding carboxylic acids is 1. The normalized spacial score (nSPS) is 11.6. The zero-order chi connectivity index (χ0) is 12.0. The van der Waals surface area contributed by atoms with E-state index in [1.165, 1.54) is 6.08 Å². The van der Waals surface area contributed by atoms with E-state index in [1.807, 2.05) is 37.3 Å². The van der Waals surface area contributed by atoms with E-state index in [0.717, 1.165) is 11.1 Å². The number of rotatable bonds is 5. The molecule has 0 aromatic heterocycles. The predicted octanol–water partition coefficient (Wildman–Crippen LogP) is 3.08. The lowest BCUT2D eigenvalue weighted by Crippen LogP contribution is -2.12. The molecule has 1 unspecified atom stereocenters. The monoisotopic (exact) mass is 216 g/mol. The van der Waals surface area contributed by atoms with Crippen LogP contribution in [0.5, 0.6) is 0 Å². The lowest BCUT2D eigenvalue weighted by atomic mass is 9.94. The first-order valence-electron chi connectivity index (χ1n) is 5.14. The fourth-order valence-corrected chi connectivity index (χ4v) is 1.43. The van der Waals surface area contributed by atoms with E-state index in [1.54, 1.807) is 0 Å². The van der Waals surface area contributed by atoms with Crippen molar-refractivity contribution in [2.45, 2.75) is 12.8 Å². The molecule has 16 heavy (non-hydrogen) atoms. The molecule has 2 nitrogen and oxygen atoms in total. The van der Waals surface area contributed by atoms with Crippen LogP contribution in [0.3, 0.4) is 0 Å². The van der Waals surface area contributed by atoms with Gasteiger partial charge in [-0.05, 0) is 12.5 Å². The summed E-state index contributed by atoms with van der Waals surface area (Å²) in [5, 5.41) is 0. The molecule has 0 aliphatic rings. The number of benzene rings is 1. The summed E-state index contributed by atoms with van der Waals surface area (Å²) in [6.45, 7) is 9.52. The largest absolute Gasteiger partial charge is 0.462 e. The average Bonchev–Trinajstić information content (AvgIpc) is 2.30. The van der Waals surface area contributed by atoms with Gasteiger partial charge in [0, 0.05) is 12.0 Å². The minimum absolute atomic E-state index is 0.0464. The van der Waals surface area contributed by atoms with Gasteiger partial charge >= 0.3 is 5.97 Å². The Hall–Kier alpha value is -1.83. The van der Waals surface area contributed by atoms with Crippen LogP contribution in [-0.2, 0) is 9.53 Å². The molecule has 1 aromatic rings. The maximum Gasteiger partial charge on any atom is 0.330 e. The maximum atomic E-state index is 11.0. The van der Waals surface area contributed by atoms with Crippen LogP contribution in [0.2, 0.25) is 0 Å². The summed E-state index contributed by atoms with van der Waals surface area (Å²) >= 11 is 0. The van der Waals surface area contributed by atoms with E-state index >= 15 is 0 Å². The van der Waals surface area contributed by atoms with Gasteiger partial charge in [-0.1, -0.05) is 49.1 Å². The molecular formula is C14H16O2. The Labute approximate surface area is 96.2 Å². The first-order valence-corrected chi connectivity index (χ1v) is 5.14. The van der Waals surface area contributed by atoms with Crippen LogP contribution in [0.25, 0.3) is 0 Å². The van der Waals surface area contributed by atoms with Gasteiger partial charge in [0.1, 0.15) is 6.61 Å². The van der Waals surface area contributed by atoms with Crippen molar-refractivity contribution in [2.75, 3.05) is 6.61 Å². The average molecular weight is 216 g/mol. The van der Waals surface area contributed by atoms with Crippen molar-refractivity contribution in [3.63, 3.8) is 0 Å². The highest BCUT2D eigenvalue weighted by Gasteiger charge is 2.13. The van der Waals surface area contributed by atoms with Gasteiger partial charge in [-0.2, -0.15) is 0 Å². The van der Waals surface area contributed by atoms with Crippen LogP contribution < -0.4 is 0 Å². The molecule has 0 saturated carbocycles. The third-order valence-corrected chi connectivity index (χ3v) is 2.36. The quantitative estimate of drug-likeness (QED) is 0.429. The molecule has 0 N–H and O–H groups in total. The molecule has 2 heteroatoms. The van der Waals surface area contributed by atoms with Gasteiger partial charge in [0.2, 0.25) is 0 Å². The van der Waals surface area contributed by atoms with Gasteiger partial charge in [0.15, 0.2) is 0 Å². The second kappa shape index (κ2) is 5.91. The third kappa shape index (κ3) is 3.39. The summed E-state index contributed by atoms with van der Waals surface area (Å²) in [7, 11) is 0. The van der Waals surface area contributed by atoms with Crippen LogP contribution in [0.4, 0.5) is 0 Å². The lowest BCUT2D eigenvalue weighted by Gasteiger charge is -2.16. The molecule has 0 aliphatic carbocycles. The summed E-state index contributed by atoms with van der Waals surface area (Å²) in [6.07, 6.45) is 1.17. The second-order valence-electron chi connectivity index (χ2n) is 3.64. The van der Waals surface area contributed by atoms with Crippen molar-refractivity contribution in [2.24, 2.45) is 0 Å². The molecule has 84 valence electrons. The van der Waals surface area contributed by atoms with E-state index in [9.17, 15) is 4.79 Å². The van der Waals surface area contributed by atoms with Crippen molar-refractivity contribution in [1.29, 1.82) is 0 Å². The third-order valence-electron chi connectivity index (χ3n) is 2.36. The molecule has 0 spiro atoms. The highest BCUT2D eigenvalue weighted by atomic mass is 16.5. The highest BCUT2D eigenvalue weighted by molar-refractivity contribution is 5.81. The predicted molar refractivity (Wildman–Crippen MR) is 65.2 cm³/mol. The Morgan fingerprint density at radius 3 is 2.56 bits per heavy atom. The van der Waals surface area contributed by atoms with Crippen molar-refractivity contribution < 1.29 is 9.53 Å². The van der Waals surface area contributed by atoms with Crippen molar-refractivity contribution >= 4 is 5.97 Å². The number of carbonyl (C=O) groups is 1. The van der Waals surface area contributed by atoms with E-state index < -0.39 is 5.97 Å². The molecule has 0 saturated heterocycles. The molecule has 0 aliphatic heterocycles. The fraction of sp³-hybridized carbons (Fsp3) is 0.214. The molecule has 1 aromatic carbocycles. The lowest BCUT2D eigenvalue weighted by molar-refractivity contribution is -0.138. The van der Waals surface area contributed by atoms with Crippen molar-refractivity contribution in [1.82, 2.24) is 0 Å². The molecule has 0 radical (unpaired) electrons. The molecular weight excluding hydrogens is 200 g/mol. The van der Waals surface area contributed by atoms with Gasteiger partial charge in [-0.3, -0.25) is 0 Å². The fourth-order valence-electron chi connectivity index (χ4n) is 1.43. The Morgan fingerprint density at radius 1 is 1.44 bits per heavy atom. The second-order valence-corrected chi connectivity index (χ2v) is 3.64. The van der Waals surface area contributed by atoms with Crippen molar-refractivity contribution in [3.05, 3.63) is 60.7 Å². The SMILES string of the molecule is C=CC(=O)OCC(C(=C)C)c1ccccc1. The Morgan fingerprint density at radius 2 is 2.06 bits per heavy atom. The van der Waals surface area contributed by atoms with Gasteiger partial charge in [0.25, 0.3) is 0 Å². The number of hydrogen-bond acceptors (Lipinski definition) is 2. The Bertz CT molecular complexity index is 379. The topological polar surface area (TPSA) is 26.3 Å². The smallest absolute Gasteiger partial charge is 0.330 e. The van der Waals surface area contributed by atoms with Gasteiger partial charge in [-0.25, -0.2) is 4.79 Å². The molecule has 0 amide bonds. The van der Waals surface area contributed by atoms with E-state index in [4.69, 9.17) is 4.74 Å². The molecule has 1 rings (SSSR count). The molecule has 0 fully saturated rings. The van der Waals surface area contributed by atoms with Crippen LogP contribution >= 0.6 is 0 Å². The standard InChI is InChI=1S/C14H16O2/c1-4-14(15)16-10-13(11(2)3)12-8-6-5-7-9-12/h4-9,13H,1-2,10H2,3H3. The zero-order valence-corrected chi connectivity index (χ0v) is 9.48. The zero-order valence-electron chi connectivity index (χ0n) is 9.48.